The first-order chi connectivity index (χ1) is 9.11. The minimum absolute atomic E-state index is 0.631. The molecule has 2 nitrogen and oxygen atoms in total. The summed E-state index contributed by atoms with van der Waals surface area (Å²) in [7, 11) is 0. The second-order valence-electron chi connectivity index (χ2n) is 5.54. The standard InChI is InChI=1S/C16H23ClN2/c1-4-7-18-9-13-11-19(10-12(2)3)16-8-14(17)5-6-15(13)16/h5-6,8,11-12,18H,4,7,9-10H2,1-3H3. The highest BCUT2D eigenvalue weighted by Gasteiger charge is 2.09. The van der Waals surface area contributed by atoms with Crippen LogP contribution >= 0.6 is 11.6 Å². The van der Waals surface area contributed by atoms with Crippen LogP contribution in [0.3, 0.4) is 0 Å². The first-order valence-electron chi connectivity index (χ1n) is 7.09. The molecule has 19 heavy (non-hydrogen) atoms. The summed E-state index contributed by atoms with van der Waals surface area (Å²) in [5, 5.41) is 5.60. The number of aromatic nitrogens is 1. The molecule has 1 N–H and O–H groups in total. The Balaban J connectivity index is 2.35. The average molecular weight is 279 g/mol. The van der Waals surface area contributed by atoms with Crippen LogP contribution in [0.2, 0.25) is 5.02 Å². The van der Waals surface area contributed by atoms with Crippen LogP contribution in [-0.2, 0) is 13.1 Å². The van der Waals surface area contributed by atoms with Gasteiger partial charge in [0.2, 0.25) is 0 Å². The molecule has 0 fully saturated rings. The van der Waals surface area contributed by atoms with Crippen LogP contribution in [0.1, 0.15) is 32.8 Å². The average Bonchev–Trinajstić information content (AvgIpc) is 2.67. The zero-order valence-electron chi connectivity index (χ0n) is 12.0. The Morgan fingerprint density at radius 2 is 2.11 bits per heavy atom. The monoisotopic (exact) mass is 278 g/mol. The third-order valence-electron chi connectivity index (χ3n) is 3.23. The predicted molar refractivity (Wildman–Crippen MR) is 83.8 cm³/mol. The zero-order chi connectivity index (χ0) is 13.8. The van der Waals surface area contributed by atoms with E-state index in [4.69, 9.17) is 11.6 Å². The molecule has 0 unspecified atom stereocenters. The maximum absolute atomic E-state index is 6.13. The van der Waals surface area contributed by atoms with Crippen molar-refractivity contribution >= 4 is 22.5 Å². The van der Waals surface area contributed by atoms with Crippen molar-refractivity contribution in [3.05, 3.63) is 35.0 Å². The molecule has 2 aromatic rings. The summed E-state index contributed by atoms with van der Waals surface area (Å²) >= 11 is 6.13. The Bertz CT molecular complexity index is 543. The molecule has 0 saturated carbocycles. The summed E-state index contributed by atoms with van der Waals surface area (Å²) in [6.07, 6.45) is 3.43. The van der Waals surface area contributed by atoms with E-state index in [1.807, 2.05) is 6.07 Å². The van der Waals surface area contributed by atoms with E-state index >= 15 is 0 Å². The van der Waals surface area contributed by atoms with Gasteiger partial charge < -0.3 is 9.88 Å². The first-order valence-corrected chi connectivity index (χ1v) is 7.47. The van der Waals surface area contributed by atoms with Gasteiger partial charge in [-0.15, -0.1) is 0 Å². The van der Waals surface area contributed by atoms with E-state index in [0.29, 0.717) is 5.92 Å². The van der Waals surface area contributed by atoms with Crippen LogP contribution in [0.15, 0.2) is 24.4 Å². The molecular formula is C16H23ClN2. The van der Waals surface area contributed by atoms with Crippen molar-refractivity contribution in [1.82, 2.24) is 9.88 Å². The van der Waals surface area contributed by atoms with Crippen molar-refractivity contribution in [3.63, 3.8) is 0 Å². The van der Waals surface area contributed by atoms with E-state index in [1.165, 1.54) is 16.5 Å². The molecule has 2 rings (SSSR count). The molecule has 0 radical (unpaired) electrons. The quantitative estimate of drug-likeness (QED) is 0.773. The molecule has 104 valence electrons. The summed E-state index contributed by atoms with van der Waals surface area (Å²) in [5.74, 6) is 0.631. The summed E-state index contributed by atoms with van der Waals surface area (Å²) in [4.78, 5) is 0. The number of fused-ring (bicyclic) bond motifs is 1. The molecule has 0 amide bonds. The molecular weight excluding hydrogens is 256 g/mol. The summed E-state index contributed by atoms with van der Waals surface area (Å²) in [5.41, 5.74) is 2.61. The third kappa shape index (κ3) is 3.52. The van der Waals surface area contributed by atoms with Crippen LogP contribution in [0.25, 0.3) is 10.9 Å². The van der Waals surface area contributed by atoms with Gasteiger partial charge in [0.1, 0.15) is 0 Å². The predicted octanol–water partition coefficient (Wildman–Crippen LogP) is 4.45. The van der Waals surface area contributed by atoms with Gasteiger partial charge in [0.15, 0.2) is 0 Å². The van der Waals surface area contributed by atoms with E-state index in [1.54, 1.807) is 0 Å². The fraction of sp³-hybridized carbons (Fsp3) is 0.500. The first kappa shape index (κ1) is 14.4. The van der Waals surface area contributed by atoms with Crippen LogP contribution < -0.4 is 5.32 Å². The van der Waals surface area contributed by atoms with Crippen LogP contribution in [-0.4, -0.2) is 11.1 Å². The highest BCUT2D eigenvalue weighted by molar-refractivity contribution is 6.31. The molecule has 1 aromatic heterocycles. The molecule has 0 aliphatic rings. The molecule has 0 aliphatic carbocycles. The topological polar surface area (TPSA) is 17.0 Å². The van der Waals surface area contributed by atoms with Gasteiger partial charge in [-0.25, -0.2) is 0 Å². The van der Waals surface area contributed by atoms with Gasteiger partial charge in [-0.2, -0.15) is 0 Å². The highest BCUT2D eigenvalue weighted by Crippen LogP contribution is 2.25. The normalized spacial score (nSPS) is 11.6. The largest absolute Gasteiger partial charge is 0.347 e. The van der Waals surface area contributed by atoms with E-state index in [0.717, 1.165) is 31.1 Å². The van der Waals surface area contributed by atoms with Gasteiger partial charge in [0, 0.05) is 35.2 Å². The van der Waals surface area contributed by atoms with Crippen molar-refractivity contribution in [1.29, 1.82) is 0 Å². The van der Waals surface area contributed by atoms with Crippen LogP contribution in [0.5, 0.6) is 0 Å². The maximum atomic E-state index is 6.13. The Morgan fingerprint density at radius 1 is 1.32 bits per heavy atom. The second-order valence-corrected chi connectivity index (χ2v) is 5.98. The SMILES string of the molecule is CCCNCc1cn(CC(C)C)c2cc(Cl)ccc12. The summed E-state index contributed by atoms with van der Waals surface area (Å²) < 4.78 is 2.33. The van der Waals surface area contributed by atoms with Gasteiger partial charge in [0.05, 0.1) is 0 Å². The molecule has 1 heterocycles. The van der Waals surface area contributed by atoms with Crippen LogP contribution in [0.4, 0.5) is 0 Å². The number of nitrogens with one attached hydrogen (secondary N) is 1. The Labute approximate surface area is 120 Å². The number of halogens is 1. The summed E-state index contributed by atoms with van der Waals surface area (Å²) in [6, 6.07) is 6.19. The minimum atomic E-state index is 0.631. The lowest BCUT2D eigenvalue weighted by atomic mass is 10.2. The molecule has 0 aliphatic heterocycles. The molecule has 1 aromatic carbocycles. The maximum Gasteiger partial charge on any atom is 0.0498 e. The molecule has 0 bridgehead atoms. The van der Waals surface area contributed by atoms with E-state index in [9.17, 15) is 0 Å². The lowest BCUT2D eigenvalue weighted by molar-refractivity contribution is 0.534. The Morgan fingerprint density at radius 3 is 2.79 bits per heavy atom. The number of nitrogens with zero attached hydrogens (tertiary/aromatic N) is 1. The van der Waals surface area contributed by atoms with E-state index < -0.39 is 0 Å². The summed E-state index contributed by atoms with van der Waals surface area (Å²) in [6.45, 7) is 9.69. The van der Waals surface area contributed by atoms with Crippen molar-refractivity contribution in [3.8, 4) is 0 Å². The fourth-order valence-electron chi connectivity index (χ4n) is 2.43. The van der Waals surface area contributed by atoms with Gasteiger partial charge in [0.25, 0.3) is 0 Å². The van der Waals surface area contributed by atoms with Gasteiger partial charge in [-0.1, -0.05) is 38.4 Å². The Hall–Kier alpha value is -0.990. The number of benzene rings is 1. The number of hydrogen-bond donors (Lipinski definition) is 1. The van der Waals surface area contributed by atoms with Crippen molar-refractivity contribution in [2.75, 3.05) is 6.54 Å². The Kier molecular flexibility index (Phi) is 4.89. The van der Waals surface area contributed by atoms with Crippen molar-refractivity contribution < 1.29 is 0 Å². The van der Waals surface area contributed by atoms with Crippen LogP contribution in [0, 0.1) is 5.92 Å². The lowest BCUT2D eigenvalue weighted by Gasteiger charge is -2.08. The minimum Gasteiger partial charge on any atom is -0.347 e. The smallest absolute Gasteiger partial charge is 0.0498 e. The lowest BCUT2D eigenvalue weighted by Crippen LogP contribution is -2.13. The van der Waals surface area contributed by atoms with Gasteiger partial charge in [-0.3, -0.25) is 0 Å². The number of rotatable bonds is 6. The molecule has 0 spiro atoms. The molecule has 0 saturated heterocycles. The number of hydrogen-bond acceptors (Lipinski definition) is 1. The molecule has 3 heteroatoms. The van der Waals surface area contributed by atoms with Gasteiger partial charge >= 0.3 is 0 Å². The van der Waals surface area contributed by atoms with Crippen molar-refractivity contribution in [2.45, 2.75) is 40.3 Å². The fourth-order valence-corrected chi connectivity index (χ4v) is 2.59. The van der Waals surface area contributed by atoms with E-state index in [2.05, 4.69) is 49.0 Å². The van der Waals surface area contributed by atoms with Crippen molar-refractivity contribution in [2.24, 2.45) is 5.92 Å². The molecule has 0 atom stereocenters. The van der Waals surface area contributed by atoms with Gasteiger partial charge in [-0.05, 0) is 36.6 Å². The second kappa shape index (κ2) is 6.44. The highest BCUT2D eigenvalue weighted by atomic mass is 35.5. The van der Waals surface area contributed by atoms with E-state index in [-0.39, 0.29) is 0 Å². The third-order valence-corrected chi connectivity index (χ3v) is 3.47. The zero-order valence-corrected chi connectivity index (χ0v) is 12.8.